The van der Waals surface area contributed by atoms with Gasteiger partial charge in [0, 0.05) is 42.8 Å². The Hall–Kier alpha value is -5.19. The van der Waals surface area contributed by atoms with Gasteiger partial charge in [0.2, 0.25) is 24.1 Å². The molecule has 4 rings (SSSR count). The molecule has 11 heteroatoms. The van der Waals surface area contributed by atoms with Crippen LogP contribution in [0.25, 0.3) is 0 Å². The predicted molar refractivity (Wildman–Crippen MR) is 155 cm³/mol. The zero-order chi connectivity index (χ0) is 29.4. The number of aliphatic carboxylic acids is 1. The number of carbonyl (C=O) groups is 5. The fraction of sp³-hybridized carbons (Fsp3) is 0.233. The number of rotatable bonds is 12. The molecule has 1 aliphatic heterocycles. The molecule has 0 fully saturated rings. The normalized spacial score (nSPS) is 13.3. The number of fused-ring (bicyclic) bond motifs is 1. The van der Waals surface area contributed by atoms with Crippen molar-refractivity contribution >= 4 is 52.9 Å². The summed E-state index contributed by atoms with van der Waals surface area (Å²) in [5.74, 6) is -1.79. The molecule has 0 radical (unpaired) electrons. The van der Waals surface area contributed by atoms with E-state index >= 15 is 0 Å². The summed E-state index contributed by atoms with van der Waals surface area (Å²) in [5.41, 5.74) is 4.59. The number of likely N-dealkylation sites (N-methyl/N-ethyl adjacent to an activating group) is 1. The summed E-state index contributed by atoms with van der Waals surface area (Å²) in [7, 11) is 1.55. The van der Waals surface area contributed by atoms with Crippen LogP contribution in [0.5, 0.6) is 0 Å². The number of para-hydroxylation sites is 1. The Morgan fingerprint density at radius 1 is 0.951 bits per heavy atom. The van der Waals surface area contributed by atoms with Crippen LogP contribution in [-0.2, 0) is 36.8 Å². The van der Waals surface area contributed by atoms with E-state index in [0.717, 1.165) is 21.7 Å². The summed E-state index contributed by atoms with van der Waals surface area (Å²) in [6.45, 7) is -0.312. The molecule has 0 aliphatic carbocycles. The highest BCUT2D eigenvalue weighted by molar-refractivity contribution is 5.98. The molecule has 1 atom stereocenters. The lowest BCUT2D eigenvalue weighted by atomic mass is 10.1. The minimum atomic E-state index is -1.06. The first-order valence-electron chi connectivity index (χ1n) is 13.0. The highest BCUT2D eigenvalue weighted by atomic mass is 16.4. The van der Waals surface area contributed by atoms with Crippen molar-refractivity contribution in [3.05, 3.63) is 83.9 Å². The molecule has 0 aromatic heterocycles. The molecule has 3 aromatic rings. The minimum Gasteiger partial charge on any atom is -0.481 e. The van der Waals surface area contributed by atoms with Crippen molar-refractivity contribution in [2.24, 2.45) is 0 Å². The van der Waals surface area contributed by atoms with E-state index in [-0.39, 0.29) is 49.7 Å². The Morgan fingerprint density at radius 3 is 2.27 bits per heavy atom. The van der Waals surface area contributed by atoms with Crippen molar-refractivity contribution in [2.75, 3.05) is 41.0 Å². The van der Waals surface area contributed by atoms with Crippen LogP contribution in [-0.4, -0.2) is 66.3 Å². The lowest BCUT2D eigenvalue weighted by Gasteiger charge is -2.22. The van der Waals surface area contributed by atoms with Crippen molar-refractivity contribution in [3.63, 3.8) is 0 Å². The first-order chi connectivity index (χ1) is 19.7. The van der Waals surface area contributed by atoms with Crippen LogP contribution in [0.4, 0.5) is 22.7 Å². The van der Waals surface area contributed by atoms with Crippen molar-refractivity contribution < 1.29 is 29.1 Å². The fourth-order valence-electron chi connectivity index (χ4n) is 4.38. The highest BCUT2D eigenvalue weighted by Gasteiger charge is 2.26. The molecule has 0 spiro atoms. The average molecular weight is 558 g/mol. The molecule has 0 bridgehead atoms. The zero-order valence-corrected chi connectivity index (χ0v) is 22.5. The van der Waals surface area contributed by atoms with Gasteiger partial charge in [0.1, 0.15) is 6.04 Å². The van der Waals surface area contributed by atoms with E-state index in [2.05, 4.69) is 16.0 Å². The fourth-order valence-corrected chi connectivity index (χ4v) is 4.38. The van der Waals surface area contributed by atoms with Gasteiger partial charge in [-0.15, -0.1) is 0 Å². The van der Waals surface area contributed by atoms with Crippen LogP contribution in [0.3, 0.4) is 0 Å². The standard InChI is InChI=1S/C30H31N5O6/c1-34(28(38)18-35(19-36)15-14-29(39)40)24-12-10-22(11-13-24)31-27(37)16-20-6-8-23(9-7-20)32-30(41)26-17-21-4-2-3-5-25(21)33-26/h2-13,19,26,33H,14-18H2,1H3,(H,31,37)(H,32,41)(H,39,40). The number of carboxylic acid groups (broad SMARTS) is 1. The van der Waals surface area contributed by atoms with Gasteiger partial charge in [-0.1, -0.05) is 30.3 Å². The monoisotopic (exact) mass is 557 g/mol. The second-order valence-electron chi connectivity index (χ2n) is 9.69. The Bertz CT molecular complexity index is 1400. The molecule has 3 aromatic carbocycles. The molecule has 212 valence electrons. The average Bonchev–Trinajstić information content (AvgIpc) is 3.41. The van der Waals surface area contributed by atoms with Crippen LogP contribution in [0.2, 0.25) is 0 Å². The molecule has 4 amide bonds. The van der Waals surface area contributed by atoms with E-state index in [1.54, 1.807) is 55.6 Å². The largest absolute Gasteiger partial charge is 0.481 e. The van der Waals surface area contributed by atoms with E-state index < -0.39 is 5.97 Å². The Balaban J connectivity index is 1.24. The maximum absolute atomic E-state index is 12.7. The van der Waals surface area contributed by atoms with E-state index in [9.17, 15) is 24.0 Å². The molecule has 4 N–H and O–H groups in total. The van der Waals surface area contributed by atoms with Gasteiger partial charge in [0.15, 0.2) is 0 Å². The van der Waals surface area contributed by atoms with Crippen LogP contribution >= 0.6 is 0 Å². The molecular weight excluding hydrogens is 526 g/mol. The van der Waals surface area contributed by atoms with Gasteiger partial charge in [-0.25, -0.2) is 0 Å². The quantitative estimate of drug-likeness (QED) is 0.250. The SMILES string of the molecule is CN(C(=O)CN(C=O)CCC(=O)O)c1ccc(NC(=O)Cc2ccc(NC(=O)C3Cc4ccccc4N3)cc2)cc1. The third-order valence-electron chi connectivity index (χ3n) is 6.69. The van der Waals surface area contributed by atoms with Gasteiger partial charge in [0.25, 0.3) is 0 Å². The van der Waals surface area contributed by atoms with Crippen LogP contribution in [0.1, 0.15) is 17.5 Å². The van der Waals surface area contributed by atoms with Crippen LogP contribution in [0.15, 0.2) is 72.8 Å². The topological polar surface area (TPSA) is 148 Å². The Morgan fingerprint density at radius 2 is 1.61 bits per heavy atom. The molecule has 1 heterocycles. The number of nitrogens with one attached hydrogen (secondary N) is 3. The maximum atomic E-state index is 12.7. The summed E-state index contributed by atoms with van der Waals surface area (Å²) in [6, 6.07) is 21.2. The second-order valence-corrected chi connectivity index (χ2v) is 9.69. The Kier molecular flexibility index (Phi) is 9.31. The lowest BCUT2D eigenvalue weighted by Crippen LogP contribution is -2.38. The lowest BCUT2D eigenvalue weighted by molar-refractivity contribution is -0.138. The second kappa shape index (κ2) is 13.2. The van der Waals surface area contributed by atoms with E-state index in [4.69, 9.17) is 5.11 Å². The summed E-state index contributed by atoms with van der Waals surface area (Å²) < 4.78 is 0. The number of carbonyl (C=O) groups excluding carboxylic acids is 4. The van der Waals surface area contributed by atoms with Crippen LogP contribution in [0, 0.1) is 0 Å². The van der Waals surface area contributed by atoms with E-state index in [1.165, 1.54) is 4.90 Å². The summed E-state index contributed by atoms with van der Waals surface area (Å²) in [5, 5.41) is 17.7. The number of hydrogen-bond acceptors (Lipinski definition) is 6. The van der Waals surface area contributed by atoms with Crippen molar-refractivity contribution in [1.29, 1.82) is 0 Å². The van der Waals surface area contributed by atoms with Gasteiger partial charge < -0.3 is 30.9 Å². The third kappa shape index (κ3) is 7.91. The van der Waals surface area contributed by atoms with Crippen LogP contribution < -0.4 is 20.9 Å². The highest BCUT2D eigenvalue weighted by Crippen LogP contribution is 2.26. The Labute approximate surface area is 237 Å². The van der Waals surface area contributed by atoms with Gasteiger partial charge >= 0.3 is 5.97 Å². The van der Waals surface area contributed by atoms with Crippen molar-refractivity contribution in [3.8, 4) is 0 Å². The molecule has 41 heavy (non-hydrogen) atoms. The molecular formula is C30H31N5O6. The molecule has 0 saturated carbocycles. The van der Waals surface area contributed by atoms with Gasteiger partial charge in [-0.05, 0) is 53.6 Å². The number of carboxylic acids is 1. The van der Waals surface area contributed by atoms with E-state index in [0.29, 0.717) is 29.9 Å². The molecule has 1 aliphatic rings. The maximum Gasteiger partial charge on any atom is 0.305 e. The first kappa shape index (κ1) is 28.8. The van der Waals surface area contributed by atoms with E-state index in [1.807, 2.05) is 24.3 Å². The smallest absolute Gasteiger partial charge is 0.305 e. The number of amides is 4. The number of hydrogen-bond donors (Lipinski definition) is 4. The first-order valence-corrected chi connectivity index (χ1v) is 13.0. The zero-order valence-electron chi connectivity index (χ0n) is 22.5. The summed E-state index contributed by atoms with van der Waals surface area (Å²) >= 11 is 0. The van der Waals surface area contributed by atoms with Crippen molar-refractivity contribution in [1.82, 2.24) is 4.90 Å². The molecule has 11 nitrogen and oxygen atoms in total. The summed E-state index contributed by atoms with van der Waals surface area (Å²) in [4.78, 5) is 62.1. The molecule has 1 unspecified atom stereocenters. The number of anilines is 4. The number of nitrogens with zero attached hydrogens (tertiary/aromatic N) is 2. The number of benzene rings is 3. The van der Waals surface area contributed by atoms with Gasteiger partial charge in [-0.2, -0.15) is 0 Å². The predicted octanol–water partition coefficient (Wildman–Crippen LogP) is 2.74. The van der Waals surface area contributed by atoms with Gasteiger partial charge in [-0.3, -0.25) is 24.0 Å². The molecule has 0 saturated heterocycles. The summed E-state index contributed by atoms with van der Waals surface area (Å²) in [6.07, 6.45) is 0.954. The third-order valence-corrected chi connectivity index (χ3v) is 6.69. The van der Waals surface area contributed by atoms with Gasteiger partial charge in [0.05, 0.1) is 19.4 Å². The van der Waals surface area contributed by atoms with Crippen molar-refractivity contribution in [2.45, 2.75) is 25.3 Å². The minimum absolute atomic E-state index is 0.0616.